The Kier molecular flexibility index (Phi) is 3.98. The Balaban J connectivity index is 1.81. The molecule has 0 radical (unpaired) electrons. The van der Waals surface area contributed by atoms with Crippen molar-refractivity contribution in [3.63, 3.8) is 0 Å². The van der Waals surface area contributed by atoms with Crippen molar-refractivity contribution in [1.82, 2.24) is 9.97 Å². The van der Waals surface area contributed by atoms with Crippen molar-refractivity contribution < 1.29 is 0 Å². The molecule has 6 heteroatoms. The summed E-state index contributed by atoms with van der Waals surface area (Å²) in [6.07, 6.45) is 1.06. The maximum atomic E-state index is 5.42. The van der Waals surface area contributed by atoms with Crippen LogP contribution in [0, 0.1) is 0 Å². The van der Waals surface area contributed by atoms with Gasteiger partial charge in [-0.3, -0.25) is 5.43 Å². The Hall–Kier alpha value is -2.18. The fourth-order valence-electron chi connectivity index (χ4n) is 2.13. The second-order valence-corrected chi connectivity index (χ2v) is 5.60. The molecule has 5 nitrogen and oxygen atoms in total. The highest BCUT2D eigenvalue weighted by molar-refractivity contribution is 7.16. The Morgan fingerprint density at radius 1 is 1.10 bits per heavy atom. The lowest BCUT2D eigenvalue weighted by molar-refractivity contribution is 1.08. The van der Waals surface area contributed by atoms with E-state index in [0.29, 0.717) is 5.95 Å². The van der Waals surface area contributed by atoms with Gasteiger partial charge in [0.1, 0.15) is 10.6 Å². The maximum absolute atomic E-state index is 5.42. The zero-order valence-corrected chi connectivity index (χ0v) is 12.6. The molecule has 4 N–H and O–H groups in total. The van der Waals surface area contributed by atoms with Gasteiger partial charge in [-0.15, -0.1) is 11.3 Å². The van der Waals surface area contributed by atoms with E-state index < -0.39 is 0 Å². The summed E-state index contributed by atoms with van der Waals surface area (Å²) < 4.78 is 0. The van der Waals surface area contributed by atoms with Crippen LogP contribution in [0.25, 0.3) is 10.2 Å². The number of aromatic nitrogens is 2. The van der Waals surface area contributed by atoms with Gasteiger partial charge in [0.05, 0.1) is 5.39 Å². The van der Waals surface area contributed by atoms with Gasteiger partial charge < -0.3 is 5.32 Å². The third-order valence-electron chi connectivity index (χ3n) is 3.35. The van der Waals surface area contributed by atoms with E-state index in [1.807, 2.05) is 11.4 Å². The second-order valence-electron chi connectivity index (χ2n) is 4.70. The van der Waals surface area contributed by atoms with Gasteiger partial charge in [-0.05, 0) is 29.0 Å². The SMILES string of the molecule is CCc1ccc(CNc2nc(NN)nc3sccc23)cc1. The van der Waals surface area contributed by atoms with Crippen LogP contribution in [0.2, 0.25) is 0 Å². The molecule has 2 heterocycles. The molecule has 0 amide bonds. The second kappa shape index (κ2) is 6.07. The minimum atomic E-state index is 0.425. The van der Waals surface area contributed by atoms with Crippen molar-refractivity contribution in [3.05, 3.63) is 46.8 Å². The predicted octanol–water partition coefficient (Wildman–Crippen LogP) is 3.15. The molecular formula is C15H17N5S. The quantitative estimate of drug-likeness (QED) is 0.498. The zero-order chi connectivity index (χ0) is 14.7. The third-order valence-corrected chi connectivity index (χ3v) is 4.15. The highest BCUT2D eigenvalue weighted by atomic mass is 32.1. The number of rotatable bonds is 5. The summed E-state index contributed by atoms with van der Waals surface area (Å²) in [5.41, 5.74) is 5.07. The lowest BCUT2D eigenvalue weighted by Crippen LogP contribution is -2.12. The predicted molar refractivity (Wildman–Crippen MR) is 88.4 cm³/mol. The summed E-state index contributed by atoms with van der Waals surface area (Å²) in [6.45, 7) is 2.87. The molecule has 0 fully saturated rings. The third kappa shape index (κ3) is 2.96. The van der Waals surface area contributed by atoms with Gasteiger partial charge in [0.2, 0.25) is 5.95 Å². The number of nitrogens with two attached hydrogens (primary N) is 1. The van der Waals surface area contributed by atoms with Crippen LogP contribution in [0.15, 0.2) is 35.7 Å². The van der Waals surface area contributed by atoms with Crippen LogP contribution in [0.5, 0.6) is 0 Å². The molecule has 0 aliphatic heterocycles. The molecule has 0 spiro atoms. The average molecular weight is 299 g/mol. The molecule has 21 heavy (non-hydrogen) atoms. The van der Waals surface area contributed by atoms with Crippen molar-refractivity contribution in [2.45, 2.75) is 19.9 Å². The number of thiophene rings is 1. The van der Waals surface area contributed by atoms with Crippen LogP contribution >= 0.6 is 11.3 Å². The summed E-state index contributed by atoms with van der Waals surface area (Å²) in [4.78, 5) is 9.63. The minimum Gasteiger partial charge on any atom is -0.365 e. The highest BCUT2D eigenvalue weighted by Gasteiger charge is 2.08. The van der Waals surface area contributed by atoms with E-state index in [9.17, 15) is 0 Å². The van der Waals surface area contributed by atoms with Gasteiger partial charge in [0, 0.05) is 6.54 Å². The molecule has 0 unspecified atom stereocenters. The van der Waals surface area contributed by atoms with E-state index in [0.717, 1.165) is 29.0 Å². The number of hydrogen-bond donors (Lipinski definition) is 3. The first kappa shape index (κ1) is 13.8. The standard InChI is InChI=1S/C15H17N5S/c1-2-10-3-5-11(6-4-10)9-17-13-12-7-8-21-14(12)19-15(18-13)20-16/h3-8H,2,9,16H2,1H3,(H2,17,18,19,20). The Morgan fingerprint density at radius 2 is 1.86 bits per heavy atom. The lowest BCUT2D eigenvalue weighted by atomic mass is 10.1. The first-order chi connectivity index (χ1) is 10.3. The number of nitrogens with one attached hydrogen (secondary N) is 2. The van der Waals surface area contributed by atoms with Gasteiger partial charge in [-0.25, -0.2) is 10.8 Å². The first-order valence-corrected chi connectivity index (χ1v) is 7.71. The van der Waals surface area contributed by atoms with E-state index in [2.05, 4.69) is 51.9 Å². The van der Waals surface area contributed by atoms with E-state index in [1.165, 1.54) is 11.1 Å². The molecule has 0 bridgehead atoms. The summed E-state index contributed by atoms with van der Waals surface area (Å²) in [5.74, 6) is 6.64. The van der Waals surface area contributed by atoms with Crippen molar-refractivity contribution in [3.8, 4) is 0 Å². The average Bonchev–Trinajstić information content (AvgIpc) is 3.01. The monoisotopic (exact) mass is 299 g/mol. The van der Waals surface area contributed by atoms with Gasteiger partial charge in [0.25, 0.3) is 0 Å². The van der Waals surface area contributed by atoms with Gasteiger partial charge in [-0.1, -0.05) is 31.2 Å². The number of fused-ring (bicyclic) bond motifs is 1. The fraction of sp³-hybridized carbons (Fsp3) is 0.200. The summed E-state index contributed by atoms with van der Waals surface area (Å²) >= 11 is 1.57. The van der Waals surface area contributed by atoms with E-state index >= 15 is 0 Å². The largest absolute Gasteiger partial charge is 0.365 e. The van der Waals surface area contributed by atoms with Crippen LogP contribution in [0.4, 0.5) is 11.8 Å². The van der Waals surface area contributed by atoms with E-state index in [1.54, 1.807) is 11.3 Å². The van der Waals surface area contributed by atoms with Crippen LogP contribution in [-0.4, -0.2) is 9.97 Å². The molecule has 0 aliphatic carbocycles. The van der Waals surface area contributed by atoms with Gasteiger partial charge in [-0.2, -0.15) is 4.98 Å². The van der Waals surface area contributed by atoms with Crippen molar-refractivity contribution in [2.24, 2.45) is 5.84 Å². The molecule has 0 atom stereocenters. The van der Waals surface area contributed by atoms with Crippen molar-refractivity contribution >= 4 is 33.3 Å². The molecule has 3 aromatic rings. The Bertz CT molecular complexity index is 735. The molecule has 3 rings (SSSR count). The smallest absolute Gasteiger partial charge is 0.240 e. The van der Waals surface area contributed by atoms with E-state index in [4.69, 9.17) is 5.84 Å². The summed E-state index contributed by atoms with van der Waals surface area (Å²) in [7, 11) is 0. The zero-order valence-electron chi connectivity index (χ0n) is 11.8. The minimum absolute atomic E-state index is 0.425. The number of nitrogen functional groups attached to an aromatic ring is 1. The Morgan fingerprint density at radius 3 is 2.57 bits per heavy atom. The fourth-order valence-corrected chi connectivity index (χ4v) is 2.90. The van der Waals surface area contributed by atoms with Gasteiger partial charge in [0.15, 0.2) is 0 Å². The van der Waals surface area contributed by atoms with E-state index in [-0.39, 0.29) is 0 Å². The van der Waals surface area contributed by atoms with Crippen LogP contribution in [0.3, 0.4) is 0 Å². The molecule has 0 aliphatic rings. The van der Waals surface area contributed by atoms with Crippen LogP contribution in [0.1, 0.15) is 18.1 Å². The van der Waals surface area contributed by atoms with Crippen LogP contribution < -0.4 is 16.6 Å². The number of hydrazine groups is 1. The van der Waals surface area contributed by atoms with Crippen molar-refractivity contribution in [1.29, 1.82) is 0 Å². The number of anilines is 2. The maximum Gasteiger partial charge on any atom is 0.240 e. The topological polar surface area (TPSA) is 75.9 Å². The first-order valence-electron chi connectivity index (χ1n) is 6.83. The molecular weight excluding hydrogens is 282 g/mol. The molecule has 108 valence electrons. The molecule has 2 aromatic heterocycles. The molecule has 0 saturated heterocycles. The van der Waals surface area contributed by atoms with Crippen LogP contribution in [-0.2, 0) is 13.0 Å². The highest BCUT2D eigenvalue weighted by Crippen LogP contribution is 2.26. The lowest BCUT2D eigenvalue weighted by Gasteiger charge is -2.09. The molecule has 1 aromatic carbocycles. The van der Waals surface area contributed by atoms with Gasteiger partial charge >= 0.3 is 0 Å². The number of hydrogen-bond acceptors (Lipinski definition) is 6. The number of aryl methyl sites for hydroxylation is 1. The molecule has 0 saturated carbocycles. The normalized spacial score (nSPS) is 10.8. The number of nitrogens with zero attached hydrogens (tertiary/aromatic N) is 2. The summed E-state index contributed by atoms with van der Waals surface area (Å²) in [6, 6.07) is 10.6. The number of benzene rings is 1. The van der Waals surface area contributed by atoms with Crippen molar-refractivity contribution in [2.75, 3.05) is 10.7 Å². The Labute approximate surface area is 127 Å². The summed E-state index contributed by atoms with van der Waals surface area (Å²) in [5, 5.41) is 6.38.